The molecule has 0 bridgehead atoms. The molecule has 0 amide bonds. The fourth-order valence-corrected chi connectivity index (χ4v) is 0. The molecule has 0 aromatic rings. The first kappa shape index (κ1) is 15.1. The topological polar surface area (TPSA) is 86.6 Å². The lowest BCUT2D eigenvalue weighted by molar-refractivity contribution is -0.0510. The number of hydrogen-bond donors (Lipinski definition) is 3. The predicted octanol–water partition coefficient (Wildman–Crippen LogP) is -0.0619. The fraction of sp³-hybridized carbons (Fsp3) is 1.00. The number of aliphatic hydroxyl groups excluding tert-OH is 1. The van der Waals surface area contributed by atoms with Gasteiger partial charge < -0.3 is 5.11 Å². The molecule has 0 spiro atoms. The monoisotopic (exact) mass is 225 g/mol. The van der Waals surface area contributed by atoms with Gasteiger partial charge in [0.1, 0.15) is 6.23 Å². The van der Waals surface area contributed by atoms with Crippen LogP contribution in [0.5, 0.6) is 0 Å². The number of rotatable bonds is 1. The van der Waals surface area contributed by atoms with Gasteiger partial charge in [-0.15, -0.1) is 0 Å². The Morgan fingerprint density at radius 2 is 1.54 bits per heavy atom. The third-order valence-electron chi connectivity index (χ3n) is 0.710. The summed E-state index contributed by atoms with van der Waals surface area (Å²) in [7, 11) is -4.14. The van der Waals surface area contributed by atoms with Crippen LogP contribution in [-0.2, 0) is 10.1 Å². The molecule has 13 heavy (non-hydrogen) atoms. The van der Waals surface area contributed by atoms with Crippen LogP contribution in [-0.4, -0.2) is 36.9 Å². The minimum Gasteiger partial charge on any atom is -0.379 e. The predicted molar refractivity (Wildman–Crippen MR) is 38.3 cm³/mol. The summed E-state index contributed by atoms with van der Waals surface area (Å²) in [5.41, 5.74) is -5.53. The molecule has 1 unspecified atom stereocenters. The summed E-state index contributed by atoms with van der Waals surface area (Å²) in [6.07, 6.45) is -0.366. The van der Waals surface area contributed by atoms with Gasteiger partial charge >= 0.3 is 15.6 Å². The maximum absolute atomic E-state index is 10.7. The number of halogens is 3. The van der Waals surface area contributed by atoms with E-state index in [9.17, 15) is 13.2 Å². The summed E-state index contributed by atoms with van der Waals surface area (Å²) in [5.74, 6) is 0. The van der Waals surface area contributed by atoms with Gasteiger partial charge in [0.2, 0.25) is 0 Å². The molecule has 0 aliphatic heterocycles. The first-order valence-corrected chi connectivity index (χ1v) is 4.35. The SMILES string of the molecule is CNC(C)O.O=S(=O)(O)C(F)(F)F. The Labute approximate surface area is 73.3 Å². The van der Waals surface area contributed by atoms with Gasteiger partial charge in [-0.25, -0.2) is 0 Å². The summed E-state index contributed by atoms with van der Waals surface area (Å²) < 4.78 is 57.5. The highest BCUT2D eigenvalue weighted by Gasteiger charge is 2.44. The van der Waals surface area contributed by atoms with Gasteiger partial charge in [0.15, 0.2) is 0 Å². The van der Waals surface area contributed by atoms with Gasteiger partial charge in [0, 0.05) is 0 Å². The third kappa shape index (κ3) is 9.53. The Kier molecular flexibility index (Phi) is 6.24. The maximum Gasteiger partial charge on any atom is 0.522 e. The third-order valence-corrected chi connectivity index (χ3v) is 1.30. The van der Waals surface area contributed by atoms with E-state index in [0.717, 1.165) is 0 Å². The molecule has 0 aromatic heterocycles. The maximum atomic E-state index is 10.7. The molecule has 9 heteroatoms. The average molecular weight is 225 g/mol. The molecule has 0 fully saturated rings. The quantitative estimate of drug-likeness (QED) is 0.330. The molecular weight excluding hydrogens is 215 g/mol. The van der Waals surface area contributed by atoms with Crippen LogP contribution in [0.3, 0.4) is 0 Å². The van der Waals surface area contributed by atoms with Crippen molar-refractivity contribution in [3.63, 3.8) is 0 Å². The van der Waals surface area contributed by atoms with Gasteiger partial charge in [-0.2, -0.15) is 21.6 Å². The summed E-state index contributed by atoms with van der Waals surface area (Å²) >= 11 is 0. The van der Waals surface area contributed by atoms with E-state index < -0.39 is 15.6 Å². The number of alkyl halides is 3. The van der Waals surface area contributed by atoms with E-state index in [4.69, 9.17) is 18.1 Å². The van der Waals surface area contributed by atoms with Crippen LogP contribution < -0.4 is 5.32 Å². The van der Waals surface area contributed by atoms with E-state index in [1.165, 1.54) is 0 Å². The molecule has 0 aliphatic rings. The normalized spacial score (nSPS) is 14.4. The molecule has 0 saturated heterocycles. The molecule has 0 saturated carbocycles. The van der Waals surface area contributed by atoms with E-state index in [2.05, 4.69) is 5.32 Å². The molecule has 3 N–H and O–H groups in total. The highest BCUT2D eigenvalue weighted by Crippen LogP contribution is 2.20. The van der Waals surface area contributed by atoms with Crippen molar-refractivity contribution in [3.8, 4) is 0 Å². The molecule has 0 radical (unpaired) electrons. The standard InChI is InChI=1S/C3H9NO.CHF3O3S/c1-3(5)4-2;2-1(3,4)8(5,6)7/h3-5H,1-2H3;(H,5,6,7). The fourth-order valence-electron chi connectivity index (χ4n) is 0. The van der Waals surface area contributed by atoms with Crippen LogP contribution in [0.2, 0.25) is 0 Å². The van der Waals surface area contributed by atoms with Crippen molar-refractivity contribution in [2.24, 2.45) is 0 Å². The van der Waals surface area contributed by atoms with Crippen LogP contribution >= 0.6 is 0 Å². The Balaban J connectivity index is 0. The molecule has 1 atom stereocenters. The molecule has 5 nitrogen and oxygen atoms in total. The van der Waals surface area contributed by atoms with Crippen molar-refractivity contribution in [2.45, 2.75) is 18.7 Å². The van der Waals surface area contributed by atoms with E-state index >= 15 is 0 Å². The number of nitrogens with one attached hydrogen (secondary N) is 1. The van der Waals surface area contributed by atoms with Crippen LogP contribution in [0.15, 0.2) is 0 Å². The molecule has 0 aliphatic carbocycles. The van der Waals surface area contributed by atoms with Gasteiger partial charge in [0.25, 0.3) is 0 Å². The Bertz CT molecular complexity index is 222. The van der Waals surface area contributed by atoms with E-state index in [0.29, 0.717) is 0 Å². The van der Waals surface area contributed by atoms with Crippen LogP contribution in [0, 0.1) is 0 Å². The minimum absolute atomic E-state index is 0.366. The van der Waals surface area contributed by atoms with Gasteiger partial charge in [-0.3, -0.25) is 9.87 Å². The summed E-state index contributed by atoms with van der Waals surface area (Å²) in [6, 6.07) is 0. The molecule has 0 rings (SSSR count). The van der Waals surface area contributed by atoms with Crippen molar-refractivity contribution in [2.75, 3.05) is 7.05 Å². The van der Waals surface area contributed by atoms with E-state index in [-0.39, 0.29) is 6.23 Å². The zero-order chi connectivity index (χ0) is 11.3. The summed E-state index contributed by atoms with van der Waals surface area (Å²) in [4.78, 5) is 0. The number of hydrogen-bond acceptors (Lipinski definition) is 4. The van der Waals surface area contributed by atoms with Gasteiger partial charge in [0.05, 0.1) is 0 Å². The average Bonchev–Trinajstić information content (AvgIpc) is 1.84. The second-order valence-corrected chi connectivity index (χ2v) is 3.30. The minimum atomic E-state index is -5.84. The second-order valence-electron chi connectivity index (χ2n) is 1.89. The first-order chi connectivity index (χ1) is 5.52. The van der Waals surface area contributed by atoms with Crippen molar-refractivity contribution < 1.29 is 31.2 Å². The summed E-state index contributed by atoms with van der Waals surface area (Å²) in [5, 5.41) is 10.8. The molecular formula is C4H10F3NO4S. The van der Waals surface area contributed by atoms with Crippen LogP contribution in [0.25, 0.3) is 0 Å². The zero-order valence-electron chi connectivity index (χ0n) is 6.83. The van der Waals surface area contributed by atoms with E-state index in [1.54, 1.807) is 14.0 Å². The molecule has 82 valence electrons. The van der Waals surface area contributed by atoms with Crippen molar-refractivity contribution in [3.05, 3.63) is 0 Å². The van der Waals surface area contributed by atoms with Gasteiger partial charge in [-0.05, 0) is 14.0 Å². The van der Waals surface area contributed by atoms with Crippen LogP contribution in [0.4, 0.5) is 13.2 Å². The lowest BCUT2D eigenvalue weighted by Crippen LogP contribution is -2.21. The molecule has 0 heterocycles. The second kappa shape index (κ2) is 5.37. The highest BCUT2D eigenvalue weighted by molar-refractivity contribution is 7.86. The van der Waals surface area contributed by atoms with Crippen molar-refractivity contribution in [1.82, 2.24) is 5.32 Å². The van der Waals surface area contributed by atoms with E-state index in [1.807, 2.05) is 0 Å². The van der Waals surface area contributed by atoms with Crippen LogP contribution in [0.1, 0.15) is 6.92 Å². The number of aliphatic hydroxyl groups is 1. The van der Waals surface area contributed by atoms with Crippen molar-refractivity contribution in [1.29, 1.82) is 0 Å². The first-order valence-electron chi connectivity index (χ1n) is 2.91. The van der Waals surface area contributed by atoms with Gasteiger partial charge in [-0.1, -0.05) is 0 Å². The highest BCUT2D eigenvalue weighted by atomic mass is 32.2. The van der Waals surface area contributed by atoms with Crippen molar-refractivity contribution >= 4 is 10.1 Å². The molecule has 0 aromatic carbocycles. The lowest BCUT2D eigenvalue weighted by atomic mass is 10.7. The summed E-state index contributed by atoms with van der Waals surface area (Å²) in [6.45, 7) is 1.67. The smallest absolute Gasteiger partial charge is 0.379 e. The lowest BCUT2D eigenvalue weighted by Gasteiger charge is -1.97. The largest absolute Gasteiger partial charge is 0.522 e. The Hall–Kier alpha value is -0.380. The zero-order valence-corrected chi connectivity index (χ0v) is 7.65. The Morgan fingerprint density at radius 3 is 1.54 bits per heavy atom. The Morgan fingerprint density at radius 1 is 1.38 bits per heavy atom.